The van der Waals surface area contributed by atoms with Crippen molar-refractivity contribution in [1.82, 2.24) is 0 Å². The van der Waals surface area contributed by atoms with E-state index in [4.69, 9.17) is 9.47 Å². The number of anilines is 2. The van der Waals surface area contributed by atoms with Gasteiger partial charge in [0.25, 0.3) is 11.8 Å². The standard InChI is InChI=1S/C30H36N2O4/c1-29(2,3)21-7-15-25(16-8-21)35-19-27(33)31-23-11-13-24(14-12-23)32-28(34)20-36-26-17-9-22(10-18-26)30(4,5)6/h7-18H,19-20H2,1-6H3,(H,31,33)(H,32,34). The smallest absolute Gasteiger partial charge is 0.262 e. The number of benzene rings is 3. The first-order valence-corrected chi connectivity index (χ1v) is 12.1. The van der Waals surface area contributed by atoms with Gasteiger partial charge < -0.3 is 20.1 Å². The molecule has 36 heavy (non-hydrogen) atoms. The summed E-state index contributed by atoms with van der Waals surface area (Å²) in [6.07, 6.45) is 0. The van der Waals surface area contributed by atoms with E-state index in [0.717, 1.165) is 0 Å². The molecular formula is C30H36N2O4. The van der Waals surface area contributed by atoms with E-state index in [1.807, 2.05) is 48.5 Å². The molecule has 0 spiro atoms. The molecule has 0 aliphatic carbocycles. The fraction of sp³-hybridized carbons (Fsp3) is 0.333. The normalized spacial score (nSPS) is 11.5. The number of hydrogen-bond acceptors (Lipinski definition) is 4. The molecule has 3 aromatic carbocycles. The van der Waals surface area contributed by atoms with Crippen LogP contribution < -0.4 is 20.1 Å². The lowest BCUT2D eigenvalue weighted by atomic mass is 9.87. The number of carbonyl (C=O) groups is 2. The summed E-state index contributed by atoms with van der Waals surface area (Å²) in [6, 6.07) is 22.4. The third kappa shape index (κ3) is 8.15. The van der Waals surface area contributed by atoms with Crippen LogP contribution in [-0.4, -0.2) is 25.0 Å². The number of amides is 2. The van der Waals surface area contributed by atoms with E-state index in [9.17, 15) is 9.59 Å². The van der Waals surface area contributed by atoms with Crippen molar-refractivity contribution >= 4 is 23.2 Å². The summed E-state index contributed by atoms with van der Waals surface area (Å²) in [4.78, 5) is 24.5. The molecule has 0 saturated carbocycles. The van der Waals surface area contributed by atoms with Gasteiger partial charge in [0.05, 0.1) is 0 Å². The summed E-state index contributed by atoms with van der Waals surface area (Å²) in [5.41, 5.74) is 3.75. The van der Waals surface area contributed by atoms with Crippen LogP contribution in [0, 0.1) is 0 Å². The third-order valence-corrected chi connectivity index (χ3v) is 5.63. The number of carbonyl (C=O) groups excluding carboxylic acids is 2. The highest BCUT2D eigenvalue weighted by Gasteiger charge is 2.14. The van der Waals surface area contributed by atoms with E-state index < -0.39 is 0 Å². The van der Waals surface area contributed by atoms with Gasteiger partial charge in [0, 0.05) is 11.4 Å². The lowest BCUT2D eigenvalue weighted by molar-refractivity contribution is -0.118. The summed E-state index contributed by atoms with van der Waals surface area (Å²) in [7, 11) is 0. The van der Waals surface area contributed by atoms with E-state index in [1.54, 1.807) is 24.3 Å². The molecule has 6 heteroatoms. The van der Waals surface area contributed by atoms with Crippen molar-refractivity contribution in [2.24, 2.45) is 0 Å². The highest BCUT2D eigenvalue weighted by Crippen LogP contribution is 2.25. The lowest BCUT2D eigenvalue weighted by Crippen LogP contribution is -2.21. The summed E-state index contributed by atoms with van der Waals surface area (Å²) in [5, 5.41) is 5.58. The van der Waals surface area contributed by atoms with Crippen molar-refractivity contribution in [1.29, 1.82) is 0 Å². The van der Waals surface area contributed by atoms with Gasteiger partial charge in [-0.3, -0.25) is 9.59 Å². The van der Waals surface area contributed by atoms with Gasteiger partial charge in [-0.2, -0.15) is 0 Å². The van der Waals surface area contributed by atoms with Crippen LogP contribution in [0.1, 0.15) is 52.7 Å². The Labute approximate surface area is 214 Å². The second-order valence-corrected chi connectivity index (χ2v) is 10.8. The monoisotopic (exact) mass is 488 g/mol. The van der Waals surface area contributed by atoms with Crippen LogP contribution in [0.15, 0.2) is 72.8 Å². The van der Waals surface area contributed by atoms with Gasteiger partial charge in [0.1, 0.15) is 11.5 Å². The fourth-order valence-corrected chi connectivity index (χ4v) is 3.43. The fourth-order valence-electron chi connectivity index (χ4n) is 3.43. The Bertz CT molecular complexity index is 1060. The molecule has 0 unspecified atom stereocenters. The molecule has 0 aliphatic heterocycles. The van der Waals surface area contributed by atoms with Crippen LogP contribution in [0.5, 0.6) is 11.5 Å². The molecule has 0 atom stereocenters. The molecule has 2 amide bonds. The minimum Gasteiger partial charge on any atom is -0.484 e. The highest BCUT2D eigenvalue weighted by molar-refractivity contribution is 5.94. The highest BCUT2D eigenvalue weighted by atomic mass is 16.5. The summed E-state index contributed by atoms with van der Waals surface area (Å²) in [6.45, 7) is 12.7. The van der Waals surface area contributed by atoms with Gasteiger partial charge in [-0.15, -0.1) is 0 Å². The number of rotatable bonds is 8. The predicted molar refractivity (Wildman–Crippen MR) is 145 cm³/mol. The van der Waals surface area contributed by atoms with E-state index in [2.05, 4.69) is 52.2 Å². The molecule has 0 aromatic heterocycles. The first-order chi connectivity index (χ1) is 16.9. The zero-order valence-corrected chi connectivity index (χ0v) is 22.0. The average molecular weight is 489 g/mol. The lowest BCUT2D eigenvalue weighted by Gasteiger charge is -2.19. The van der Waals surface area contributed by atoms with Gasteiger partial charge >= 0.3 is 0 Å². The molecule has 190 valence electrons. The Morgan fingerprint density at radius 3 is 1.14 bits per heavy atom. The quantitative estimate of drug-likeness (QED) is 0.389. The minimum atomic E-state index is -0.266. The van der Waals surface area contributed by atoms with Crippen molar-refractivity contribution in [3.63, 3.8) is 0 Å². The molecule has 0 bridgehead atoms. The van der Waals surface area contributed by atoms with Crippen LogP contribution in [0.4, 0.5) is 11.4 Å². The zero-order valence-electron chi connectivity index (χ0n) is 22.0. The Hall–Kier alpha value is -3.80. The molecule has 3 aromatic rings. The van der Waals surface area contributed by atoms with E-state index >= 15 is 0 Å². The van der Waals surface area contributed by atoms with Gasteiger partial charge in [0.15, 0.2) is 13.2 Å². The SMILES string of the molecule is CC(C)(C)c1ccc(OCC(=O)Nc2ccc(NC(=O)COc3ccc(C(C)(C)C)cc3)cc2)cc1. The molecular weight excluding hydrogens is 452 g/mol. The minimum absolute atomic E-state index is 0.0624. The van der Waals surface area contributed by atoms with Gasteiger partial charge in [-0.05, 0) is 70.5 Å². The maximum atomic E-state index is 12.2. The maximum Gasteiger partial charge on any atom is 0.262 e. The van der Waals surface area contributed by atoms with Gasteiger partial charge in [-0.1, -0.05) is 65.8 Å². The number of ether oxygens (including phenoxy) is 2. The molecule has 3 rings (SSSR count). The van der Waals surface area contributed by atoms with Crippen molar-refractivity contribution in [2.45, 2.75) is 52.4 Å². The second kappa shape index (κ2) is 11.3. The molecule has 6 nitrogen and oxygen atoms in total. The first-order valence-electron chi connectivity index (χ1n) is 12.1. The zero-order chi connectivity index (χ0) is 26.3. The van der Waals surface area contributed by atoms with E-state index in [1.165, 1.54) is 11.1 Å². The topological polar surface area (TPSA) is 76.7 Å². The van der Waals surface area contributed by atoms with Crippen LogP contribution >= 0.6 is 0 Å². The molecule has 0 radical (unpaired) electrons. The first kappa shape index (κ1) is 26.8. The largest absolute Gasteiger partial charge is 0.484 e. The summed E-state index contributed by atoms with van der Waals surface area (Å²) in [5.74, 6) is 0.752. The van der Waals surface area contributed by atoms with Crippen molar-refractivity contribution < 1.29 is 19.1 Å². The molecule has 0 heterocycles. The second-order valence-electron chi connectivity index (χ2n) is 10.8. The van der Waals surface area contributed by atoms with Crippen LogP contribution in [-0.2, 0) is 20.4 Å². The van der Waals surface area contributed by atoms with Crippen molar-refractivity contribution in [3.05, 3.63) is 83.9 Å². The number of nitrogens with one attached hydrogen (secondary N) is 2. The predicted octanol–water partition coefficient (Wildman–Crippen LogP) is 6.32. The molecule has 0 saturated heterocycles. The van der Waals surface area contributed by atoms with E-state index in [0.29, 0.717) is 22.9 Å². The Balaban J connectivity index is 1.42. The summed E-state index contributed by atoms with van der Waals surface area (Å²) < 4.78 is 11.2. The third-order valence-electron chi connectivity index (χ3n) is 5.63. The van der Waals surface area contributed by atoms with Crippen LogP contribution in [0.25, 0.3) is 0 Å². The molecule has 0 aliphatic rings. The van der Waals surface area contributed by atoms with Crippen LogP contribution in [0.3, 0.4) is 0 Å². The number of hydrogen-bond donors (Lipinski definition) is 2. The van der Waals surface area contributed by atoms with Gasteiger partial charge in [0.2, 0.25) is 0 Å². The molecule has 2 N–H and O–H groups in total. The van der Waals surface area contributed by atoms with Gasteiger partial charge in [-0.25, -0.2) is 0 Å². The average Bonchev–Trinajstić information content (AvgIpc) is 2.82. The van der Waals surface area contributed by atoms with Crippen molar-refractivity contribution in [3.8, 4) is 11.5 Å². The van der Waals surface area contributed by atoms with Crippen molar-refractivity contribution in [2.75, 3.05) is 23.8 Å². The summed E-state index contributed by atoms with van der Waals surface area (Å²) >= 11 is 0. The maximum absolute atomic E-state index is 12.2. The molecule has 0 fully saturated rings. The van der Waals surface area contributed by atoms with Crippen LogP contribution in [0.2, 0.25) is 0 Å². The Morgan fingerprint density at radius 1 is 0.556 bits per heavy atom. The Morgan fingerprint density at radius 2 is 0.861 bits per heavy atom. The van der Waals surface area contributed by atoms with E-state index in [-0.39, 0.29) is 35.9 Å². The Kier molecular flexibility index (Phi) is 8.41.